The van der Waals surface area contributed by atoms with Gasteiger partial charge in [0.2, 0.25) is 0 Å². The fourth-order valence-electron chi connectivity index (χ4n) is 4.52. The minimum atomic E-state index is -1.02. The molecule has 2 rings (SSSR count). The first-order chi connectivity index (χ1) is 11.8. The van der Waals surface area contributed by atoms with E-state index >= 15 is 0 Å². The van der Waals surface area contributed by atoms with Gasteiger partial charge in [-0.05, 0) is 68.4 Å². The van der Waals surface area contributed by atoms with Crippen LogP contribution >= 0.6 is 0 Å². The predicted molar refractivity (Wildman–Crippen MR) is 109 cm³/mol. The molecule has 2 nitrogen and oxygen atoms in total. The van der Waals surface area contributed by atoms with Crippen LogP contribution in [0.25, 0.3) is 0 Å². The SMILES string of the molecule is C[SiH](C)OC(CC(/C=C/C1CCCC(=O)C1)C(C)(C)C)C1CCCC1. The van der Waals surface area contributed by atoms with Crippen LogP contribution in [0.5, 0.6) is 0 Å². The van der Waals surface area contributed by atoms with Gasteiger partial charge in [0.15, 0.2) is 9.04 Å². The summed E-state index contributed by atoms with van der Waals surface area (Å²) in [6.07, 6.45) is 15.7. The van der Waals surface area contributed by atoms with Crippen LogP contribution in [0.1, 0.15) is 78.6 Å². The van der Waals surface area contributed by atoms with Crippen molar-refractivity contribution in [1.82, 2.24) is 0 Å². The summed E-state index contributed by atoms with van der Waals surface area (Å²) in [5.41, 5.74) is 0.244. The van der Waals surface area contributed by atoms with Gasteiger partial charge < -0.3 is 4.43 Å². The lowest BCUT2D eigenvalue weighted by Crippen LogP contribution is -2.33. The lowest BCUT2D eigenvalue weighted by atomic mass is 9.75. The van der Waals surface area contributed by atoms with E-state index in [1.54, 1.807) is 0 Å². The Bertz CT molecular complexity index is 443. The normalized spacial score (nSPS) is 25.8. The number of allylic oxidation sites excluding steroid dienone is 2. The highest BCUT2D eigenvalue weighted by Crippen LogP contribution is 2.38. The number of carbonyl (C=O) groups excluding carboxylic acids is 1. The number of rotatable bonds is 7. The van der Waals surface area contributed by atoms with E-state index in [0.29, 0.717) is 23.7 Å². The van der Waals surface area contributed by atoms with Gasteiger partial charge in [-0.1, -0.05) is 45.8 Å². The molecule has 2 aliphatic carbocycles. The van der Waals surface area contributed by atoms with Crippen molar-refractivity contribution in [3.8, 4) is 0 Å². The molecule has 25 heavy (non-hydrogen) atoms. The summed E-state index contributed by atoms with van der Waals surface area (Å²) >= 11 is 0. The first-order valence-electron chi connectivity index (χ1n) is 10.6. The van der Waals surface area contributed by atoms with Crippen LogP contribution in [0.3, 0.4) is 0 Å². The Labute approximate surface area is 157 Å². The maximum atomic E-state index is 11.7. The van der Waals surface area contributed by atoms with Crippen LogP contribution in [0.2, 0.25) is 13.1 Å². The molecule has 0 aromatic carbocycles. The highest BCUT2D eigenvalue weighted by Gasteiger charge is 2.32. The van der Waals surface area contributed by atoms with Gasteiger partial charge in [0.1, 0.15) is 5.78 Å². The standard InChI is InChI=1S/C22H40O2Si/c1-22(2,3)19(14-13-17-9-8-12-20(23)15-17)16-21(24-25(4)5)18-10-6-7-11-18/h13-14,17-19,21,25H,6-12,15-16H2,1-5H3/b14-13+. The first-order valence-corrected chi connectivity index (χ1v) is 13.4. The zero-order valence-corrected chi connectivity index (χ0v) is 18.4. The second kappa shape index (κ2) is 9.50. The molecule has 0 aliphatic heterocycles. The molecule has 0 radical (unpaired) electrons. The third-order valence-corrected chi connectivity index (χ3v) is 7.00. The molecule has 2 saturated carbocycles. The lowest BCUT2D eigenvalue weighted by Gasteiger charge is -2.35. The molecule has 3 heteroatoms. The molecule has 3 atom stereocenters. The van der Waals surface area contributed by atoms with E-state index < -0.39 is 9.04 Å². The largest absolute Gasteiger partial charge is 0.417 e. The third-order valence-electron chi connectivity index (χ3n) is 6.11. The van der Waals surface area contributed by atoms with Gasteiger partial charge in [-0.15, -0.1) is 0 Å². The molecule has 3 unspecified atom stereocenters. The summed E-state index contributed by atoms with van der Waals surface area (Å²) in [6, 6.07) is 0. The van der Waals surface area contributed by atoms with Crippen molar-refractivity contribution in [2.75, 3.05) is 0 Å². The predicted octanol–water partition coefficient (Wildman–Crippen LogP) is 5.91. The zero-order valence-electron chi connectivity index (χ0n) is 17.2. The summed E-state index contributed by atoms with van der Waals surface area (Å²) in [4.78, 5) is 11.7. The molecule has 0 aromatic heterocycles. The second-order valence-corrected chi connectivity index (χ2v) is 12.1. The molecule has 0 bridgehead atoms. The molecule has 0 aromatic rings. The Morgan fingerprint density at radius 3 is 2.40 bits per heavy atom. The van der Waals surface area contributed by atoms with Crippen molar-refractivity contribution in [3.05, 3.63) is 12.2 Å². The average molecular weight is 365 g/mol. The third kappa shape index (κ3) is 7.01. The molecule has 2 fully saturated rings. The van der Waals surface area contributed by atoms with E-state index in [1.807, 2.05) is 0 Å². The number of hydrogen-bond donors (Lipinski definition) is 0. The van der Waals surface area contributed by atoms with Crippen molar-refractivity contribution in [2.24, 2.45) is 23.2 Å². The van der Waals surface area contributed by atoms with E-state index in [2.05, 4.69) is 46.0 Å². The minimum absolute atomic E-state index is 0.244. The highest BCUT2D eigenvalue weighted by atomic mass is 28.3. The van der Waals surface area contributed by atoms with Crippen LogP contribution in [-0.2, 0) is 9.22 Å². The average Bonchev–Trinajstić information content (AvgIpc) is 3.03. The Hall–Kier alpha value is -0.413. The van der Waals surface area contributed by atoms with Gasteiger partial charge in [-0.25, -0.2) is 0 Å². The second-order valence-electron chi connectivity index (χ2n) is 9.76. The Kier molecular flexibility index (Phi) is 7.94. The minimum Gasteiger partial charge on any atom is -0.417 e. The van der Waals surface area contributed by atoms with Gasteiger partial charge in [-0.2, -0.15) is 0 Å². The van der Waals surface area contributed by atoms with Gasteiger partial charge in [0.25, 0.3) is 0 Å². The van der Waals surface area contributed by atoms with E-state index in [-0.39, 0.29) is 5.41 Å². The lowest BCUT2D eigenvalue weighted by molar-refractivity contribution is -0.121. The monoisotopic (exact) mass is 364 g/mol. The van der Waals surface area contributed by atoms with E-state index in [9.17, 15) is 4.79 Å². The molecule has 144 valence electrons. The van der Waals surface area contributed by atoms with E-state index in [1.165, 1.54) is 32.1 Å². The molecule has 2 aliphatic rings. The van der Waals surface area contributed by atoms with Crippen LogP contribution in [-0.4, -0.2) is 20.9 Å². The number of Topliss-reactive ketones (excluding diaryl/α,β-unsaturated/α-hetero) is 1. The molecular weight excluding hydrogens is 324 g/mol. The first kappa shape index (κ1) is 20.9. The van der Waals surface area contributed by atoms with Crippen LogP contribution in [0.15, 0.2) is 12.2 Å². The Morgan fingerprint density at radius 2 is 1.84 bits per heavy atom. The van der Waals surface area contributed by atoms with Crippen LogP contribution < -0.4 is 0 Å². The highest BCUT2D eigenvalue weighted by molar-refractivity contribution is 6.48. The maximum Gasteiger partial charge on any atom is 0.171 e. The van der Waals surface area contributed by atoms with Crippen molar-refractivity contribution >= 4 is 14.8 Å². The number of hydrogen-bond acceptors (Lipinski definition) is 2. The van der Waals surface area contributed by atoms with Gasteiger partial charge in [0.05, 0.1) is 0 Å². The van der Waals surface area contributed by atoms with Crippen molar-refractivity contribution < 1.29 is 9.22 Å². The molecule has 0 heterocycles. The topological polar surface area (TPSA) is 26.3 Å². The van der Waals surface area contributed by atoms with Gasteiger partial charge >= 0.3 is 0 Å². The Balaban J connectivity index is 2.05. The van der Waals surface area contributed by atoms with Crippen LogP contribution in [0, 0.1) is 23.2 Å². The molecule has 0 N–H and O–H groups in total. The van der Waals surface area contributed by atoms with Gasteiger partial charge in [-0.3, -0.25) is 4.79 Å². The fourth-order valence-corrected chi connectivity index (χ4v) is 5.55. The van der Waals surface area contributed by atoms with Crippen molar-refractivity contribution in [3.63, 3.8) is 0 Å². The molecular formula is C22H40O2Si. The smallest absolute Gasteiger partial charge is 0.171 e. The molecule has 0 amide bonds. The molecule has 0 spiro atoms. The fraction of sp³-hybridized carbons (Fsp3) is 0.864. The summed E-state index contributed by atoms with van der Waals surface area (Å²) in [5, 5.41) is 0. The summed E-state index contributed by atoms with van der Waals surface area (Å²) in [5.74, 6) is 2.22. The summed E-state index contributed by atoms with van der Waals surface area (Å²) in [6.45, 7) is 11.7. The maximum absolute atomic E-state index is 11.7. The van der Waals surface area contributed by atoms with E-state index in [4.69, 9.17) is 4.43 Å². The zero-order chi connectivity index (χ0) is 18.4. The van der Waals surface area contributed by atoms with Crippen molar-refractivity contribution in [1.29, 1.82) is 0 Å². The van der Waals surface area contributed by atoms with Crippen LogP contribution in [0.4, 0.5) is 0 Å². The summed E-state index contributed by atoms with van der Waals surface area (Å²) in [7, 11) is -1.02. The Morgan fingerprint density at radius 1 is 1.16 bits per heavy atom. The number of ketones is 1. The van der Waals surface area contributed by atoms with Crippen molar-refractivity contribution in [2.45, 2.75) is 97.8 Å². The number of carbonyl (C=O) groups is 1. The summed E-state index contributed by atoms with van der Waals surface area (Å²) < 4.78 is 6.52. The van der Waals surface area contributed by atoms with E-state index in [0.717, 1.165) is 31.6 Å². The quantitative estimate of drug-likeness (QED) is 0.414. The van der Waals surface area contributed by atoms with Gasteiger partial charge in [0, 0.05) is 18.9 Å². The molecule has 0 saturated heterocycles.